The first-order chi connectivity index (χ1) is 16.4. The number of benzene rings is 1. The fourth-order valence-electron chi connectivity index (χ4n) is 4.63. The van der Waals surface area contributed by atoms with E-state index in [0.29, 0.717) is 30.0 Å². The van der Waals surface area contributed by atoms with Crippen LogP contribution in [0.25, 0.3) is 10.9 Å². The van der Waals surface area contributed by atoms with Crippen LogP contribution >= 0.6 is 0 Å². The van der Waals surface area contributed by atoms with Gasteiger partial charge in [-0.3, -0.25) is 19.5 Å². The molecule has 0 aliphatic carbocycles. The van der Waals surface area contributed by atoms with Gasteiger partial charge < -0.3 is 9.64 Å². The minimum absolute atomic E-state index is 0.177. The second-order valence-electron chi connectivity index (χ2n) is 10.3. The van der Waals surface area contributed by atoms with Crippen LogP contribution in [-0.2, 0) is 25.0 Å². The van der Waals surface area contributed by atoms with Gasteiger partial charge >= 0.3 is 0 Å². The number of hydrogen-bond donors (Lipinski definition) is 1. The first-order valence-electron chi connectivity index (χ1n) is 11.6. The number of pyridine rings is 1. The van der Waals surface area contributed by atoms with E-state index in [4.69, 9.17) is 9.72 Å². The smallest absolute Gasteiger partial charge is 0.238 e. The van der Waals surface area contributed by atoms with E-state index in [2.05, 4.69) is 30.4 Å². The summed E-state index contributed by atoms with van der Waals surface area (Å²) in [4.78, 5) is 32.9. The molecule has 1 aromatic heterocycles. The van der Waals surface area contributed by atoms with Crippen LogP contribution in [-0.4, -0.2) is 58.1 Å². The lowest BCUT2D eigenvalue weighted by atomic mass is 9.84. The lowest BCUT2D eigenvalue weighted by Gasteiger charge is -2.29. The van der Waals surface area contributed by atoms with Gasteiger partial charge in [-0.2, -0.15) is 0 Å². The molecule has 0 saturated carbocycles. The van der Waals surface area contributed by atoms with Crippen LogP contribution < -0.4 is 19.3 Å². The predicted molar refractivity (Wildman–Crippen MR) is 136 cm³/mol. The first kappa shape index (κ1) is 25.1. The van der Waals surface area contributed by atoms with Gasteiger partial charge in [-0.25, -0.2) is 13.1 Å². The van der Waals surface area contributed by atoms with Crippen molar-refractivity contribution in [1.82, 2.24) is 9.71 Å². The van der Waals surface area contributed by atoms with Crippen molar-refractivity contribution in [2.24, 2.45) is 5.92 Å². The number of aromatic nitrogens is 1. The number of anilines is 2. The van der Waals surface area contributed by atoms with Gasteiger partial charge in [0.1, 0.15) is 5.75 Å². The molecule has 1 saturated heterocycles. The van der Waals surface area contributed by atoms with Crippen molar-refractivity contribution >= 4 is 44.0 Å². The van der Waals surface area contributed by atoms with Crippen molar-refractivity contribution in [3.05, 3.63) is 36.2 Å². The highest BCUT2D eigenvalue weighted by atomic mass is 32.2. The normalized spacial score (nSPS) is 19.2. The summed E-state index contributed by atoms with van der Waals surface area (Å²) in [6.45, 7) is 8.13. The lowest BCUT2D eigenvalue weighted by molar-refractivity contribution is -0.124. The van der Waals surface area contributed by atoms with Gasteiger partial charge in [0.05, 0.1) is 42.9 Å². The van der Waals surface area contributed by atoms with E-state index in [-0.39, 0.29) is 29.4 Å². The van der Waals surface area contributed by atoms with Crippen LogP contribution in [0.4, 0.5) is 11.4 Å². The average Bonchev–Trinajstić information content (AvgIpc) is 3.24. The van der Waals surface area contributed by atoms with Gasteiger partial charge in [0.2, 0.25) is 15.9 Å². The van der Waals surface area contributed by atoms with Crippen molar-refractivity contribution < 1.29 is 22.7 Å². The van der Waals surface area contributed by atoms with Crippen LogP contribution in [0.15, 0.2) is 30.6 Å². The van der Waals surface area contributed by atoms with Gasteiger partial charge in [-0.1, -0.05) is 20.8 Å². The topological polar surface area (TPSA) is 109 Å². The third-order valence-corrected chi connectivity index (χ3v) is 7.14. The Hall–Kier alpha value is -2.98. The van der Waals surface area contributed by atoms with Crippen LogP contribution in [0.2, 0.25) is 0 Å². The largest absolute Gasteiger partial charge is 0.496 e. The molecule has 35 heavy (non-hydrogen) atoms. The number of carbonyl (C=O) groups excluding carboxylic acids is 2. The highest BCUT2D eigenvalue weighted by molar-refractivity contribution is 7.88. The Balaban J connectivity index is 1.78. The minimum Gasteiger partial charge on any atom is -0.496 e. The number of ketones is 1. The van der Waals surface area contributed by atoms with E-state index in [1.54, 1.807) is 13.3 Å². The highest BCUT2D eigenvalue weighted by Gasteiger charge is 2.30. The summed E-state index contributed by atoms with van der Waals surface area (Å²) in [6.07, 6.45) is 6.56. The maximum absolute atomic E-state index is 12.7. The standard InChI is InChI=1S/C25H32N4O5S/c1-25(2,3)20-12-21(29-9-7-18(30)11-22(29)31)23-19(24(20)34-4)10-17(14-26-23)28-8-6-16(15-28)13-27-35(5,32)33/h7,9-10,12,14,16,27H,6,8,11,13,15H2,1-5H3/t16-/m1/s1. The molecule has 4 rings (SSSR count). The number of hydrogen-bond acceptors (Lipinski definition) is 7. The molecule has 10 heteroatoms. The van der Waals surface area contributed by atoms with E-state index >= 15 is 0 Å². The zero-order chi connectivity index (χ0) is 25.5. The molecule has 2 aromatic rings. The first-order valence-corrected chi connectivity index (χ1v) is 13.5. The summed E-state index contributed by atoms with van der Waals surface area (Å²) in [7, 11) is -1.60. The molecule has 188 valence electrons. The Morgan fingerprint density at radius 2 is 1.97 bits per heavy atom. The second-order valence-corrected chi connectivity index (χ2v) is 12.1. The molecule has 2 aliphatic heterocycles. The fraction of sp³-hybridized carbons (Fsp3) is 0.480. The zero-order valence-electron chi connectivity index (χ0n) is 20.8. The molecule has 0 bridgehead atoms. The van der Waals surface area contributed by atoms with E-state index in [0.717, 1.165) is 29.6 Å². The Labute approximate surface area is 206 Å². The number of ether oxygens (including phenoxy) is 1. The molecular weight excluding hydrogens is 468 g/mol. The summed E-state index contributed by atoms with van der Waals surface area (Å²) >= 11 is 0. The average molecular weight is 501 g/mol. The second kappa shape index (κ2) is 9.23. The predicted octanol–water partition coefficient (Wildman–Crippen LogP) is 2.74. The molecule has 1 N–H and O–H groups in total. The van der Waals surface area contributed by atoms with Gasteiger partial charge in [-0.05, 0) is 36.0 Å². The monoisotopic (exact) mass is 500 g/mol. The SMILES string of the molecule is COc1c(C(C)(C)C)cc(N2C=CC(=O)CC2=O)c2ncc(N3CC[C@H](CNS(C)(=O)=O)C3)cc12. The number of carbonyl (C=O) groups is 2. The van der Waals surface area contributed by atoms with Crippen LogP contribution in [0.1, 0.15) is 39.2 Å². The Kier molecular flexibility index (Phi) is 6.63. The molecule has 0 radical (unpaired) electrons. The fourth-order valence-corrected chi connectivity index (χ4v) is 5.17. The number of fused-ring (bicyclic) bond motifs is 1. The minimum atomic E-state index is -3.23. The molecular formula is C25H32N4O5S. The number of rotatable bonds is 6. The third kappa shape index (κ3) is 5.33. The van der Waals surface area contributed by atoms with Gasteiger partial charge in [0, 0.05) is 36.8 Å². The van der Waals surface area contributed by atoms with Crippen molar-refractivity contribution in [2.75, 3.05) is 42.8 Å². The van der Waals surface area contributed by atoms with E-state index < -0.39 is 10.0 Å². The zero-order valence-corrected chi connectivity index (χ0v) is 21.6. The Bertz CT molecular complexity index is 1310. The lowest BCUT2D eigenvalue weighted by Crippen LogP contribution is -2.31. The van der Waals surface area contributed by atoms with Crippen LogP contribution in [0.5, 0.6) is 5.75 Å². The van der Waals surface area contributed by atoms with E-state index in [1.165, 1.54) is 23.4 Å². The Morgan fingerprint density at radius 1 is 1.23 bits per heavy atom. The molecule has 3 heterocycles. The van der Waals surface area contributed by atoms with E-state index in [1.807, 2.05) is 12.1 Å². The molecule has 0 unspecified atom stereocenters. The van der Waals surface area contributed by atoms with Crippen molar-refractivity contribution in [2.45, 2.75) is 39.0 Å². The van der Waals surface area contributed by atoms with Crippen molar-refractivity contribution in [1.29, 1.82) is 0 Å². The summed E-state index contributed by atoms with van der Waals surface area (Å²) in [6, 6.07) is 3.95. The number of allylic oxidation sites excluding steroid dienone is 1. The maximum Gasteiger partial charge on any atom is 0.238 e. The summed E-state index contributed by atoms with van der Waals surface area (Å²) < 4.78 is 31.4. The number of nitrogens with zero attached hydrogens (tertiary/aromatic N) is 3. The molecule has 1 atom stereocenters. The van der Waals surface area contributed by atoms with Gasteiger partial charge in [0.25, 0.3) is 0 Å². The van der Waals surface area contributed by atoms with Crippen molar-refractivity contribution in [3.63, 3.8) is 0 Å². The molecule has 9 nitrogen and oxygen atoms in total. The van der Waals surface area contributed by atoms with E-state index in [9.17, 15) is 18.0 Å². The van der Waals surface area contributed by atoms with Crippen LogP contribution in [0, 0.1) is 5.92 Å². The number of nitrogens with one attached hydrogen (secondary N) is 1. The number of sulfonamides is 1. The van der Waals surface area contributed by atoms with Gasteiger partial charge in [0.15, 0.2) is 5.78 Å². The third-order valence-electron chi connectivity index (χ3n) is 6.45. The summed E-state index contributed by atoms with van der Waals surface area (Å²) in [5, 5.41) is 0.781. The van der Waals surface area contributed by atoms with Gasteiger partial charge in [-0.15, -0.1) is 0 Å². The highest BCUT2D eigenvalue weighted by Crippen LogP contribution is 2.43. The van der Waals surface area contributed by atoms with Crippen molar-refractivity contribution in [3.8, 4) is 5.75 Å². The molecule has 1 amide bonds. The quantitative estimate of drug-likeness (QED) is 0.608. The number of amides is 1. The molecule has 2 aliphatic rings. The molecule has 1 fully saturated rings. The molecule has 1 aromatic carbocycles. The molecule has 0 spiro atoms. The summed E-state index contributed by atoms with van der Waals surface area (Å²) in [5.74, 6) is 0.386. The van der Waals surface area contributed by atoms with Crippen LogP contribution in [0.3, 0.4) is 0 Å². The summed E-state index contributed by atoms with van der Waals surface area (Å²) in [5.41, 5.74) is 2.78. The Morgan fingerprint density at radius 3 is 2.60 bits per heavy atom. The maximum atomic E-state index is 12.7. The number of methoxy groups -OCH3 is 1.